The van der Waals surface area contributed by atoms with E-state index in [-0.39, 0.29) is 23.7 Å². The van der Waals surface area contributed by atoms with Crippen molar-refractivity contribution >= 4 is 11.9 Å². The lowest BCUT2D eigenvalue weighted by Gasteiger charge is -2.37. The number of phenolic OH excluding ortho intramolecular Hbond substituents is 1. The molecule has 2 saturated heterocycles. The van der Waals surface area contributed by atoms with Crippen LogP contribution in [0.1, 0.15) is 36.5 Å². The maximum Gasteiger partial charge on any atom is 0.317 e. The van der Waals surface area contributed by atoms with E-state index >= 15 is 0 Å². The Morgan fingerprint density at radius 3 is 2.19 bits per heavy atom. The molecule has 1 aromatic carbocycles. The van der Waals surface area contributed by atoms with Gasteiger partial charge in [0.15, 0.2) is 0 Å². The van der Waals surface area contributed by atoms with E-state index in [1.807, 2.05) is 0 Å². The zero-order valence-corrected chi connectivity index (χ0v) is 16.1. The highest BCUT2D eigenvalue weighted by Crippen LogP contribution is 2.14. The minimum Gasteiger partial charge on any atom is -0.508 e. The van der Waals surface area contributed by atoms with Crippen LogP contribution in [-0.2, 0) is 0 Å². The van der Waals surface area contributed by atoms with Crippen molar-refractivity contribution in [3.63, 3.8) is 0 Å². The third kappa shape index (κ3) is 5.13. The van der Waals surface area contributed by atoms with E-state index in [0.29, 0.717) is 31.7 Å². The summed E-state index contributed by atoms with van der Waals surface area (Å²) in [5, 5.41) is 12.5. The molecule has 2 fully saturated rings. The molecular formula is C20H30N4O3. The molecule has 0 bridgehead atoms. The molecule has 2 aliphatic heterocycles. The molecule has 0 atom stereocenters. The van der Waals surface area contributed by atoms with Crippen molar-refractivity contribution in [3.05, 3.63) is 29.8 Å². The molecule has 148 valence electrons. The Balaban J connectivity index is 1.43. The normalized spacial score (nSPS) is 19.1. The second-order valence-corrected chi connectivity index (χ2v) is 7.39. The fourth-order valence-electron chi connectivity index (χ4n) is 3.78. The number of urea groups is 1. The Hall–Kier alpha value is -2.28. The summed E-state index contributed by atoms with van der Waals surface area (Å²) >= 11 is 0. The molecule has 7 heteroatoms. The molecule has 27 heavy (non-hydrogen) atoms. The van der Waals surface area contributed by atoms with Crippen molar-refractivity contribution in [1.29, 1.82) is 0 Å². The summed E-state index contributed by atoms with van der Waals surface area (Å²) in [5.41, 5.74) is 0.560. The van der Waals surface area contributed by atoms with Gasteiger partial charge < -0.3 is 25.1 Å². The van der Waals surface area contributed by atoms with Crippen LogP contribution in [0.15, 0.2) is 24.3 Å². The van der Waals surface area contributed by atoms with Gasteiger partial charge in [-0.05, 0) is 50.1 Å². The molecule has 0 spiro atoms. The van der Waals surface area contributed by atoms with Gasteiger partial charge in [0.05, 0.1) is 0 Å². The number of carbonyl (C=O) groups is 2. The monoisotopic (exact) mass is 374 g/mol. The number of hydrogen-bond donors (Lipinski definition) is 2. The maximum atomic E-state index is 12.5. The van der Waals surface area contributed by atoms with Gasteiger partial charge in [0.25, 0.3) is 5.91 Å². The molecule has 0 saturated carbocycles. The predicted octanol–water partition coefficient (Wildman–Crippen LogP) is 1.73. The van der Waals surface area contributed by atoms with Gasteiger partial charge in [0, 0.05) is 50.9 Å². The van der Waals surface area contributed by atoms with Crippen molar-refractivity contribution in [1.82, 2.24) is 20.0 Å². The molecule has 0 aliphatic carbocycles. The molecule has 0 aromatic heterocycles. The summed E-state index contributed by atoms with van der Waals surface area (Å²) in [6.45, 7) is 7.58. The summed E-state index contributed by atoms with van der Waals surface area (Å²) in [6, 6.07) is 6.53. The Morgan fingerprint density at radius 1 is 1.00 bits per heavy atom. The second kappa shape index (κ2) is 9.08. The van der Waals surface area contributed by atoms with Crippen LogP contribution in [0.3, 0.4) is 0 Å². The zero-order valence-electron chi connectivity index (χ0n) is 16.1. The van der Waals surface area contributed by atoms with E-state index in [2.05, 4.69) is 17.1 Å². The lowest BCUT2D eigenvalue weighted by Crippen LogP contribution is -2.55. The van der Waals surface area contributed by atoms with Crippen LogP contribution < -0.4 is 5.32 Å². The van der Waals surface area contributed by atoms with E-state index in [0.717, 1.165) is 32.5 Å². The van der Waals surface area contributed by atoms with E-state index in [1.165, 1.54) is 18.6 Å². The second-order valence-electron chi connectivity index (χ2n) is 7.39. The fourth-order valence-corrected chi connectivity index (χ4v) is 3.78. The van der Waals surface area contributed by atoms with Crippen LogP contribution in [0, 0.1) is 0 Å². The molecule has 7 nitrogen and oxygen atoms in total. The van der Waals surface area contributed by atoms with Crippen LogP contribution >= 0.6 is 0 Å². The Kier molecular flexibility index (Phi) is 6.55. The van der Waals surface area contributed by atoms with Crippen molar-refractivity contribution in [2.75, 3.05) is 45.8 Å². The SMILES string of the molecule is CCCN1CCC(NC(=O)N2CCN(C(=O)c3ccc(O)cc3)CC2)CC1. The largest absolute Gasteiger partial charge is 0.508 e. The number of hydrogen-bond acceptors (Lipinski definition) is 4. The first kappa shape index (κ1) is 19.5. The van der Waals surface area contributed by atoms with E-state index in [4.69, 9.17) is 0 Å². The maximum absolute atomic E-state index is 12.5. The summed E-state index contributed by atoms with van der Waals surface area (Å²) in [7, 11) is 0. The molecule has 2 aliphatic rings. The molecule has 1 aromatic rings. The zero-order chi connectivity index (χ0) is 19.2. The van der Waals surface area contributed by atoms with Crippen molar-refractivity contribution in [3.8, 4) is 5.75 Å². The standard InChI is InChI=1S/C20H30N4O3/c1-2-9-22-10-7-17(8-11-22)21-20(27)24-14-12-23(13-15-24)19(26)16-3-5-18(25)6-4-16/h3-6,17,25H,2,7-15H2,1H3,(H,21,27). The first-order chi connectivity index (χ1) is 13.1. The number of amides is 3. The molecule has 0 radical (unpaired) electrons. The first-order valence-electron chi connectivity index (χ1n) is 9.93. The molecule has 3 amide bonds. The highest BCUT2D eigenvalue weighted by atomic mass is 16.3. The molecule has 3 rings (SSSR count). The minimum absolute atomic E-state index is 0.0133. The third-order valence-corrected chi connectivity index (χ3v) is 5.42. The topological polar surface area (TPSA) is 76.1 Å². The smallest absolute Gasteiger partial charge is 0.317 e. The molecule has 0 unspecified atom stereocenters. The summed E-state index contributed by atoms with van der Waals surface area (Å²) in [4.78, 5) is 31.1. The van der Waals surface area contributed by atoms with Crippen molar-refractivity contribution in [2.24, 2.45) is 0 Å². The average Bonchev–Trinajstić information content (AvgIpc) is 2.70. The number of likely N-dealkylation sites (tertiary alicyclic amines) is 1. The van der Waals surface area contributed by atoms with Crippen molar-refractivity contribution in [2.45, 2.75) is 32.2 Å². The number of piperazine rings is 1. The van der Waals surface area contributed by atoms with Crippen LogP contribution in [-0.4, -0.2) is 83.6 Å². The van der Waals surface area contributed by atoms with Gasteiger partial charge in [0.2, 0.25) is 0 Å². The third-order valence-electron chi connectivity index (χ3n) is 5.42. The highest BCUT2D eigenvalue weighted by molar-refractivity contribution is 5.94. The number of nitrogens with zero attached hydrogens (tertiary/aromatic N) is 3. The Morgan fingerprint density at radius 2 is 1.59 bits per heavy atom. The fraction of sp³-hybridized carbons (Fsp3) is 0.600. The van der Waals surface area contributed by atoms with Crippen molar-refractivity contribution < 1.29 is 14.7 Å². The van der Waals surface area contributed by atoms with Gasteiger partial charge in [-0.3, -0.25) is 4.79 Å². The summed E-state index contributed by atoms with van der Waals surface area (Å²) < 4.78 is 0. The van der Waals surface area contributed by atoms with E-state index in [9.17, 15) is 14.7 Å². The van der Waals surface area contributed by atoms with Gasteiger partial charge in [-0.1, -0.05) is 6.92 Å². The van der Waals surface area contributed by atoms with Gasteiger partial charge in [0.1, 0.15) is 5.75 Å². The Labute approximate surface area is 160 Å². The molecule has 2 N–H and O–H groups in total. The van der Waals surface area contributed by atoms with Crippen LogP contribution in [0.5, 0.6) is 5.75 Å². The predicted molar refractivity (Wildman–Crippen MR) is 104 cm³/mol. The lowest BCUT2D eigenvalue weighted by atomic mass is 10.1. The number of phenols is 1. The van der Waals surface area contributed by atoms with Crippen LogP contribution in [0.25, 0.3) is 0 Å². The Bertz CT molecular complexity index is 633. The summed E-state index contributed by atoms with van der Waals surface area (Å²) in [5.74, 6) is 0.0897. The molecular weight excluding hydrogens is 344 g/mol. The van der Waals surface area contributed by atoms with Crippen LogP contribution in [0.4, 0.5) is 4.79 Å². The number of piperidine rings is 1. The average molecular weight is 374 g/mol. The highest BCUT2D eigenvalue weighted by Gasteiger charge is 2.27. The van der Waals surface area contributed by atoms with Gasteiger partial charge in [-0.15, -0.1) is 0 Å². The van der Waals surface area contributed by atoms with Gasteiger partial charge in [-0.25, -0.2) is 4.79 Å². The number of rotatable bonds is 4. The lowest BCUT2D eigenvalue weighted by molar-refractivity contribution is 0.0661. The quantitative estimate of drug-likeness (QED) is 0.842. The van der Waals surface area contributed by atoms with Gasteiger partial charge >= 0.3 is 6.03 Å². The number of aromatic hydroxyl groups is 1. The van der Waals surface area contributed by atoms with Gasteiger partial charge in [-0.2, -0.15) is 0 Å². The minimum atomic E-state index is -0.0571. The first-order valence-corrected chi connectivity index (χ1v) is 9.93. The van der Waals surface area contributed by atoms with E-state index < -0.39 is 0 Å². The number of carbonyl (C=O) groups excluding carboxylic acids is 2. The van der Waals surface area contributed by atoms with Crippen LogP contribution in [0.2, 0.25) is 0 Å². The number of benzene rings is 1. The van der Waals surface area contributed by atoms with E-state index in [1.54, 1.807) is 21.9 Å². The molecule has 2 heterocycles. The number of nitrogens with one attached hydrogen (secondary N) is 1. The summed E-state index contributed by atoms with van der Waals surface area (Å²) in [6.07, 6.45) is 3.18.